The third kappa shape index (κ3) is 3.01. The van der Waals surface area contributed by atoms with Crippen LogP contribution in [0.2, 0.25) is 0 Å². The van der Waals surface area contributed by atoms with Crippen molar-refractivity contribution in [2.75, 3.05) is 32.8 Å². The van der Waals surface area contributed by atoms with Crippen LogP contribution in [0.3, 0.4) is 0 Å². The first kappa shape index (κ1) is 13.3. The van der Waals surface area contributed by atoms with E-state index in [9.17, 15) is 0 Å². The molecule has 0 spiro atoms. The van der Waals surface area contributed by atoms with E-state index in [1.54, 1.807) is 0 Å². The normalized spacial score (nSPS) is 36.9. The highest BCUT2D eigenvalue weighted by Crippen LogP contribution is 2.31. The molecule has 2 aliphatic heterocycles. The molecule has 2 aliphatic rings. The summed E-state index contributed by atoms with van der Waals surface area (Å²) in [7, 11) is 0. The third-order valence-electron chi connectivity index (χ3n) is 4.78. The summed E-state index contributed by atoms with van der Waals surface area (Å²) in [6.45, 7) is 12.1. The maximum atomic E-state index is 6.15. The molecule has 0 aromatic heterocycles. The summed E-state index contributed by atoms with van der Waals surface area (Å²) in [5, 5.41) is 0. The Hall–Kier alpha value is -0.120. The van der Waals surface area contributed by atoms with Crippen molar-refractivity contribution in [3.8, 4) is 0 Å². The lowest BCUT2D eigenvalue weighted by Gasteiger charge is -2.39. The zero-order valence-electron chi connectivity index (χ0n) is 11.6. The predicted octanol–water partition coefficient (Wildman–Crippen LogP) is 1.72. The number of nitrogens with zero attached hydrogens (tertiary/aromatic N) is 1. The van der Waals surface area contributed by atoms with Crippen LogP contribution in [0.5, 0.6) is 0 Å². The van der Waals surface area contributed by atoms with Crippen molar-refractivity contribution in [3.05, 3.63) is 0 Å². The third-order valence-corrected chi connectivity index (χ3v) is 4.78. The van der Waals surface area contributed by atoms with Gasteiger partial charge in [-0.25, -0.2) is 0 Å². The fourth-order valence-electron chi connectivity index (χ4n) is 3.18. The van der Waals surface area contributed by atoms with E-state index in [0.29, 0.717) is 0 Å². The minimum Gasteiger partial charge on any atom is -0.379 e. The first-order valence-corrected chi connectivity index (χ1v) is 7.07. The maximum absolute atomic E-state index is 6.15. The number of piperidine rings is 1. The minimum atomic E-state index is 0.171. The van der Waals surface area contributed by atoms with E-state index in [1.807, 2.05) is 0 Å². The second-order valence-electron chi connectivity index (χ2n) is 6.63. The van der Waals surface area contributed by atoms with Crippen molar-refractivity contribution in [2.24, 2.45) is 23.0 Å². The van der Waals surface area contributed by atoms with Crippen molar-refractivity contribution in [2.45, 2.75) is 39.7 Å². The summed E-state index contributed by atoms with van der Waals surface area (Å²) in [4.78, 5) is 2.59. The average molecular weight is 240 g/mol. The molecule has 2 heterocycles. The fourth-order valence-corrected chi connectivity index (χ4v) is 3.18. The van der Waals surface area contributed by atoms with Crippen LogP contribution in [-0.2, 0) is 4.74 Å². The van der Waals surface area contributed by atoms with E-state index in [-0.39, 0.29) is 11.5 Å². The second kappa shape index (κ2) is 5.25. The van der Waals surface area contributed by atoms with Gasteiger partial charge in [-0.2, -0.15) is 0 Å². The van der Waals surface area contributed by atoms with Crippen LogP contribution < -0.4 is 5.73 Å². The van der Waals surface area contributed by atoms with Gasteiger partial charge < -0.3 is 15.4 Å². The molecule has 2 atom stereocenters. The van der Waals surface area contributed by atoms with E-state index in [2.05, 4.69) is 25.7 Å². The molecule has 2 N–H and O–H groups in total. The molecule has 2 unspecified atom stereocenters. The Morgan fingerprint density at radius 2 is 2.00 bits per heavy atom. The zero-order chi connectivity index (χ0) is 12.5. The van der Waals surface area contributed by atoms with Crippen LogP contribution in [0.25, 0.3) is 0 Å². The number of hydrogen-bond donors (Lipinski definition) is 1. The average Bonchev–Trinajstić information content (AvgIpc) is 2.60. The minimum absolute atomic E-state index is 0.171. The standard InChI is InChI=1S/C14H28N2O/c1-11(2)12-4-6-16(7-5-12)9-14(3)10-17-8-13(14)15/h11-13H,4-10,15H2,1-3H3. The van der Waals surface area contributed by atoms with Crippen LogP contribution >= 0.6 is 0 Å². The van der Waals surface area contributed by atoms with Crippen molar-refractivity contribution in [1.82, 2.24) is 4.90 Å². The van der Waals surface area contributed by atoms with Gasteiger partial charge in [0, 0.05) is 18.0 Å². The van der Waals surface area contributed by atoms with E-state index in [0.717, 1.165) is 31.6 Å². The van der Waals surface area contributed by atoms with Crippen LogP contribution in [0, 0.1) is 17.3 Å². The molecule has 17 heavy (non-hydrogen) atoms. The molecule has 0 aromatic carbocycles. The van der Waals surface area contributed by atoms with Crippen LogP contribution in [0.15, 0.2) is 0 Å². The smallest absolute Gasteiger partial charge is 0.0624 e. The predicted molar refractivity (Wildman–Crippen MR) is 70.9 cm³/mol. The SMILES string of the molecule is CC(C)C1CCN(CC2(C)COCC2N)CC1. The first-order valence-electron chi connectivity index (χ1n) is 7.07. The number of nitrogens with two attached hydrogens (primary N) is 1. The molecule has 2 saturated heterocycles. The van der Waals surface area contributed by atoms with Gasteiger partial charge in [-0.15, -0.1) is 0 Å². The van der Waals surface area contributed by atoms with Gasteiger partial charge in [0.2, 0.25) is 0 Å². The van der Waals surface area contributed by atoms with Crippen LogP contribution in [0.1, 0.15) is 33.6 Å². The summed E-state index contributed by atoms with van der Waals surface area (Å²) in [5.74, 6) is 1.76. The Morgan fingerprint density at radius 3 is 2.47 bits per heavy atom. The molecule has 3 nitrogen and oxygen atoms in total. The monoisotopic (exact) mass is 240 g/mol. The Labute approximate surface area is 106 Å². The quantitative estimate of drug-likeness (QED) is 0.816. The van der Waals surface area contributed by atoms with E-state index >= 15 is 0 Å². The van der Waals surface area contributed by atoms with Crippen LogP contribution in [-0.4, -0.2) is 43.8 Å². The first-order chi connectivity index (χ1) is 8.01. The van der Waals surface area contributed by atoms with Gasteiger partial charge in [0.05, 0.1) is 13.2 Å². The highest BCUT2D eigenvalue weighted by atomic mass is 16.5. The van der Waals surface area contributed by atoms with Crippen molar-refractivity contribution in [1.29, 1.82) is 0 Å². The van der Waals surface area contributed by atoms with Crippen molar-refractivity contribution < 1.29 is 4.74 Å². The summed E-state index contributed by atoms with van der Waals surface area (Å²) < 4.78 is 5.52. The van der Waals surface area contributed by atoms with Gasteiger partial charge in [0.1, 0.15) is 0 Å². The molecular weight excluding hydrogens is 212 g/mol. The molecule has 0 radical (unpaired) electrons. The van der Waals surface area contributed by atoms with Gasteiger partial charge >= 0.3 is 0 Å². The van der Waals surface area contributed by atoms with Crippen LogP contribution in [0.4, 0.5) is 0 Å². The molecule has 3 heteroatoms. The van der Waals surface area contributed by atoms with Gasteiger partial charge in [0.15, 0.2) is 0 Å². The molecule has 0 aromatic rings. The molecular formula is C14H28N2O. The Bertz CT molecular complexity index is 249. The van der Waals surface area contributed by atoms with Crippen molar-refractivity contribution in [3.63, 3.8) is 0 Å². The molecule has 2 rings (SSSR count). The van der Waals surface area contributed by atoms with Gasteiger partial charge in [-0.1, -0.05) is 20.8 Å². The van der Waals surface area contributed by atoms with E-state index < -0.39 is 0 Å². The molecule has 100 valence electrons. The molecule has 2 fully saturated rings. The highest BCUT2D eigenvalue weighted by molar-refractivity contribution is 4.93. The lowest BCUT2D eigenvalue weighted by Crippen LogP contribution is -2.49. The lowest BCUT2D eigenvalue weighted by molar-refractivity contribution is 0.0870. The number of likely N-dealkylation sites (tertiary alicyclic amines) is 1. The number of hydrogen-bond acceptors (Lipinski definition) is 3. The van der Waals surface area contributed by atoms with Gasteiger partial charge in [0.25, 0.3) is 0 Å². The van der Waals surface area contributed by atoms with Crippen molar-refractivity contribution >= 4 is 0 Å². The fraction of sp³-hybridized carbons (Fsp3) is 1.00. The summed E-state index contributed by atoms with van der Waals surface area (Å²) >= 11 is 0. The number of rotatable bonds is 3. The lowest BCUT2D eigenvalue weighted by atomic mass is 9.82. The Balaban J connectivity index is 1.82. The summed E-state index contributed by atoms with van der Waals surface area (Å²) in [5.41, 5.74) is 6.33. The Kier molecular flexibility index (Phi) is 4.11. The zero-order valence-corrected chi connectivity index (χ0v) is 11.6. The topological polar surface area (TPSA) is 38.5 Å². The molecule has 0 aliphatic carbocycles. The highest BCUT2D eigenvalue weighted by Gasteiger charge is 2.39. The maximum Gasteiger partial charge on any atom is 0.0624 e. The Morgan fingerprint density at radius 1 is 1.35 bits per heavy atom. The van der Waals surface area contributed by atoms with Gasteiger partial charge in [-0.05, 0) is 37.8 Å². The number of ether oxygens (including phenoxy) is 1. The second-order valence-corrected chi connectivity index (χ2v) is 6.63. The molecule has 0 amide bonds. The molecule has 0 bridgehead atoms. The molecule has 0 saturated carbocycles. The van der Waals surface area contributed by atoms with E-state index in [1.165, 1.54) is 25.9 Å². The van der Waals surface area contributed by atoms with E-state index in [4.69, 9.17) is 10.5 Å². The summed E-state index contributed by atoms with van der Waals surface area (Å²) in [6.07, 6.45) is 2.70. The summed E-state index contributed by atoms with van der Waals surface area (Å²) in [6, 6.07) is 0.213. The van der Waals surface area contributed by atoms with Gasteiger partial charge in [-0.3, -0.25) is 0 Å². The largest absolute Gasteiger partial charge is 0.379 e.